The van der Waals surface area contributed by atoms with E-state index < -0.39 is 27.6 Å². The molecule has 9 heteroatoms. The number of hydrogen-bond donors (Lipinski definition) is 3. The number of urea groups is 1. The fourth-order valence-electron chi connectivity index (χ4n) is 2.74. The van der Waals surface area contributed by atoms with Crippen LogP contribution in [0.2, 0.25) is 0 Å². The topological polar surface area (TPSA) is 130 Å². The molecule has 0 aliphatic carbocycles. The summed E-state index contributed by atoms with van der Waals surface area (Å²) in [5.41, 5.74) is -1.14. The Bertz CT molecular complexity index is 493. The lowest BCUT2D eigenvalue weighted by Gasteiger charge is -2.34. The first-order chi connectivity index (χ1) is 9.73. The molecule has 4 N–H and O–H groups in total. The molecule has 21 heavy (non-hydrogen) atoms. The van der Waals surface area contributed by atoms with Crippen LogP contribution in [-0.2, 0) is 14.8 Å². The van der Waals surface area contributed by atoms with Crippen molar-refractivity contribution >= 4 is 22.0 Å². The number of sulfonamides is 1. The van der Waals surface area contributed by atoms with Crippen molar-refractivity contribution in [2.75, 3.05) is 18.8 Å². The van der Waals surface area contributed by atoms with Gasteiger partial charge in [0.05, 0.1) is 5.75 Å². The molecule has 0 aromatic carbocycles. The van der Waals surface area contributed by atoms with E-state index in [1.165, 1.54) is 4.90 Å². The lowest BCUT2D eigenvalue weighted by Crippen LogP contribution is -2.56. The van der Waals surface area contributed by atoms with Crippen LogP contribution in [0.3, 0.4) is 0 Å². The van der Waals surface area contributed by atoms with Crippen LogP contribution in [0.5, 0.6) is 0 Å². The molecular weight excluding hydrogens is 298 g/mol. The summed E-state index contributed by atoms with van der Waals surface area (Å²) in [5, 5.41) is 16.9. The zero-order valence-electron chi connectivity index (χ0n) is 12.2. The smallest absolute Gasteiger partial charge is 0.329 e. The van der Waals surface area contributed by atoms with E-state index in [1.54, 1.807) is 0 Å². The maximum Gasteiger partial charge on any atom is 0.329 e. The zero-order valence-corrected chi connectivity index (χ0v) is 13.0. The van der Waals surface area contributed by atoms with Crippen molar-refractivity contribution in [1.82, 2.24) is 10.2 Å². The third-order valence-electron chi connectivity index (χ3n) is 3.68. The van der Waals surface area contributed by atoms with Crippen molar-refractivity contribution in [2.45, 2.75) is 44.6 Å². The van der Waals surface area contributed by atoms with Crippen LogP contribution in [0.4, 0.5) is 4.79 Å². The molecule has 1 atom stereocenters. The second kappa shape index (κ2) is 7.08. The summed E-state index contributed by atoms with van der Waals surface area (Å²) in [6.45, 7) is 2.42. The van der Waals surface area contributed by atoms with Crippen molar-refractivity contribution < 1.29 is 23.1 Å². The highest BCUT2D eigenvalue weighted by molar-refractivity contribution is 7.89. The summed E-state index contributed by atoms with van der Waals surface area (Å²) in [4.78, 5) is 25.1. The number of likely N-dealkylation sites (tertiary alicyclic amines) is 1. The minimum absolute atomic E-state index is 0.146. The molecular formula is C12H23N3O5S. The Labute approximate surface area is 124 Å². The molecule has 122 valence electrons. The molecule has 2 amide bonds. The number of aliphatic carboxylic acids is 1. The Morgan fingerprint density at radius 1 is 1.43 bits per heavy atom. The van der Waals surface area contributed by atoms with E-state index in [-0.39, 0.29) is 18.7 Å². The van der Waals surface area contributed by atoms with Gasteiger partial charge in [-0.2, -0.15) is 0 Å². The molecule has 8 nitrogen and oxygen atoms in total. The van der Waals surface area contributed by atoms with Crippen LogP contribution in [-0.4, -0.2) is 54.8 Å². The van der Waals surface area contributed by atoms with Gasteiger partial charge in [-0.25, -0.2) is 23.1 Å². The van der Waals surface area contributed by atoms with Gasteiger partial charge in [0.1, 0.15) is 5.54 Å². The van der Waals surface area contributed by atoms with E-state index >= 15 is 0 Å². The van der Waals surface area contributed by atoms with Crippen molar-refractivity contribution in [3.8, 4) is 0 Å². The molecule has 0 saturated carbocycles. The van der Waals surface area contributed by atoms with E-state index in [1.807, 2.05) is 6.92 Å². The predicted octanol–water partition coefficient (Wildman–Crippen LogP) is 0.0939. The zero-order chi connectivity index (χ0) is 16.1. The molecule has 0 radical (unpaired) electrons. The Morgan fingerprint density at radius 3 is 2.62 bits per heavy atom. The highest BCUT2D eigenvalue weighted by Crippen LogP contribution is 2.33. The van der Waals surface area contributed by atoms with Gasteiger partial charge in [-0.1, -0.05) is 13.3 Å². The van der Waals surface area contributed by atoms with Gasteiger partial charge in [0.25, 0.3) is 0 Å². The molecule has 1 saturated heterocycles. The Kier molecular flexibility index (Phi) is 5.97. The second-order valence-corrected chi connectivity index (χ2v) is 7.03. The molecule has 0 spiro atoms. The summed E-state index contributed by atoms with van der Waals surface area (Å²) in [6.07, 6.45) is 2.37. The molecule has 0 aromatic rings. The summed E-state index contributed by atoms with van der Waals surface area (Å²) in [5.74, 6) is -1.20. The van der Waals surface area contributed by atoms with Crippen LogP contribution in [0.1, 0.15) is 39.0 Å². The number of nitrogens with zero attached hydrogens (tertiary/aromatic N) is 1. The molecule has 1 rings (SSSR count). The lowest BCUT2D eigenvalue weighted by atomic mass is 9.91. The normalized spacial score (nSPS) is 22.3. The van der Waals surface area contributed by atoms with Crippen molar-refractivity contribution in [1.29, 1.82) is 0 Å². The Morgan fingerprint density at radius 2 is 2.10 bits per heavy atom. The fraction of sp³-hybridized carbons (Fsp3) is 0.833. The third-order valence-corrected chi connectivity index (χ3v) is 4.54. The van der Waals surface area contributed by atoms with Crippen LogP contribution in [0.25, 0.3) is 0 Å². The minimum Gasteiger partial charge on any atom is -0.479 e. The molecule has 1 aliphatic heterocycles. The molecule has 0 aromatic heterocycles. The minimum atomic E-state index is -3.55. The van der Waals surface area contributed by atoms with Gasteiger partial charge < -0.3 is 15.3 Å². The van der Waals surface area contributed by atoms with E-state index in [2.05, 4.69) is 5.32 Å². The maximum atomic E-state index is 12.1. The number of nitrogens with one attached hydrogen (secondary N) is 1. The van der Waals surface area contributed by atoms with Gasteiger partial charge in [-0.3, -0.25) is 0 Å². The summed E-state index contributed by atoms with van der Waals surface area (Å²) < 4.78 is 21.6. The van der Waals surface area contributed by atoms with Gasteiger partial charge in [0.15, 0.2) is 0 Å². The lowest BCUT2D eigenvalue weighted by molar-refractivity contribution is -0.148. The third kappa shape index (κ3) is 4.57. The average molecular weight is 321 g/mol. The van der Waals surface area contributed by atoms with Gasteiger partial charge in [-0.05, 0) is 25.7 Å². The molecule has 1 unspecified atom stereocenters. The summed E-state index contributed by atoms with van der Waals surface area (Å²) in [7, 11) is -3.55. The number of carboxylic acid groups (broad SMARTS) is 1. The second-order valence-electron chi connectivity index (χ2n) is 5.29. The number of carbonyl (C=O) groups is 2. The Hall–Kier alpha value is -1.35. The van der Waals surface area contributed by atoms with Gasteiger partial charge >= 0.3 is 12.0 Å². The van der Waals surface area contributed by atoms with Crippen LogP contribution in [0.15, 0.2) is 0 Å². The first-order valence-electron chi connectivity index (χ1n) is 7.02. The largest absolute Gasteiger partial charge is 0.479 e. The van der Waals surface area contributed by atoms with Crippen molar-refractivity contribution in [3.63, 3.8) is 0 Å². The van der Waals surface area contributed by atoms with Gasteiger partial charge in [0, 0.05) is 13.1 Å². The maximum absolute atomic E-state index is 12.1. The Balaban J connectivity index is 2.61. The van der Waals surface area contributed by atoms with E-state index in [4.69, 9.17) is 5.14 Å². The van der Waals surface area contributed by atoms with E-state index in [0.717, 1.165) is 0 Å². The van der Waals surface area contributed by atoms with Crippen LogP contribution in [0, 0.1) is 0 Å². The first-order valence-corrected chi connectivity index (χ1v) is 8.74. The average Bonchev–Trinajstić information content (AvgIpc) is 2.79. The molecule has 1 heterocycles. The van der Waals surface area contributed by atoms with E-state index in [9.17, 15) is 23.1 Å². The highest BCUT2D eigenvalue weighted by Gasteiger charge is 2.49. The molecule has 0 bridgehead atoms. The number of carboxylic acids is 1. The predicted molar refractivity (Wildman–Crippen MR) is 77.2 cm³/mol. The molecule has 1 fully saturated rings. The standard InChI is InChI=1S/C12H23N3O5S/c1-2-5-12(10(16)17)6-3-8-15(12)11(18)14-7-4-9-21(13,19)20/h2-9H2,1H3,(H,14,18)(H,16,17)(H2,13,19,20). The van der Waals surface area contributed by atoms with Gasteiger partial charge in [-0.15, -0.1) is 0 Å². The van der Waals surface area contributed by atoms with Crippen LogP contribution >= 0.6 is 0 Å². The van der Waals surface area contributed by atoms with Crippen LogP contribution < -0.4 is 10.5 Å². The number of hydrogen-bond acceptors (Lipinski definition) is 4. The molecule has 1 aliphatic rings. The highest BCUT2D eigenvalue weighted by atomic mass is 32.2. The van der Waals surface area contributed by atoms with Crippen molar-refractivity contribution in [3.05, 3.63) is 0 Å². The monoisotopic (exact) mass is 321 g/mol. The number of amides is 2. The van der Waals surface area contributed by atoms with E-state index in [0.29, 0.717) is 32.2 Å². The number of rotatable bonds is 7. The fourth-order valence-corrected chi connectivity index (χ4v) is 3.29. The number of nitrogens with two attached hydrogens (primary N) is 1. The SMILES string of the molecule is CCCC1(C(=O)O)CCCN1C(=O)NCCCS(N)(=O)=O. The van der Waals surface area contributed by atoms with Gasteiger partial charge in [0.2, 0.25) is 10.0 Å². The number of carbonyl (C=O) groups excluding carboxylic acids is 1. The summed E-state index contributed by atoms with van der Waals surface area (Å²) >= 11 is 0. The quantitative estimate of drug-likeness (QED) is 0.572. The summed E-state index contributed by atoms with van der Waals surface area (Å²) in [6, 6.07) is -0.460. The first kappa shape index (κ1) is 17.7. The number of primary sulfonamides is 1. The van der Waals surface area contributed by atoms with Crippen molar-refractivity contribution in [2.24, 2.45) is 5.14 Å².